The maximum absolute atomic E-state index is 12.1. The van der Waals surface area contributed by atoms with Crippen LogP contribution in [-0.2, 0) is 16.0 Å². The molecule has 12 heteroatoms. The molecule has 0 bridgehead atoms. The van der Waals surface area contributed by atoms with Crippen LogP contribution < -0.4 is 16.7 Å². The zero-order valence-corrected chi connectivity index (χ0v) is 15.7. The van der Waals surface area contributed by atoms with E-state index in [2.05, 4.69) is 4.98 Å². The Labute approximate surface area is 164 Å². The number of unbranched alkanes of at least 4 members (excludes halogenated alkanes) is 3. The molecule has 1 aliphatic rings. The molecule has 5 N–H and O–H groups in total. The Bertz CT molecular complexity index is 756. The van der Waals surface area contributed by atoms with E-state index in [9.17, 15) is 27.9 Å². The molecule has 1 aromatic heterocycles. The second kappa shape index (κ2) is 10.0. The van der Waals surface area contributed by atoms with Crippen LogP contribution in [0.15, 0.2) is 11.0 Å². The number of carbonyl (C=O) groups excluding carboxylic acids is 1. The first-order valence-corrected chi connectivity index (χ1v) is 9.30. The molecule has 2 heterocycles. The number of aliphatic hydroxyl groups is 2. The molecule has 3 atom stereocenters. The van der Waals surface area contributed by atoms with E-state index in [1.165, 1.54) is 10.8 Å². The Balaban J connectivity index is 1.81. The molecule has 1 amide bonds. The van der Waals surface area contributed by atoms with Crippen LogP contribution in [0.5, 0.6) is 0 Å². The van der Waals surface area contributed by atoms with Gasteiger partial charge in [0.25, 0.3) is 0 Å². The zero-order chi connectivity index (χ0) is 21.6. The molecule has 0 aliphatic carbocycles. The summed E-state index contributed by atoms with van der Waals surface area (Å²) in [5.41, 5.74) is 5.79. The minimum Gasteiger partial charge on any atom is -0.394 e. The van der Waals surface area contributed by atoms with Crippen LogP contribution in [0.4, 0.5) is 19.0 Å². The fourth-order valence-corrected chi connectivity index (χ4v) is 3.07. The smallest absolute Gasteiger partial charge is 0.394 e. The van der Waals surface area contributed by atoms with Gasteiger partial charge in [0, 0.05) is 24.7 Å². The van der Waals surface area contributed by atoms with Gasteiger partial charge in [-0.1, -0.05) is 12.8 Å². The maximum Gasteiger partial charge on any atom is 0.471 e. The first-order chi connectivity index (χ1) is 13.6. The van der Waals surface area contributed by atoms with Gasteiger partial charge in [-0.05, 0) is 19.3 Å². The number of alkyl halides is 3. The molecule has 0 unspecified atom stereocenters. The van der Waals surface area contributed by atoms with Crippen molar-refractivity contribution in [3.05, 3.63) is 22.2 Å². The van der Waals surface area contributed by atoms with Gasteiger partial charge in [0.1, 0.15) is 18.1 Å². The number of nitrogens with zero attached hydrogens (tertiary/aromatic N) is 2. The summed E-state index contributed by atoms with van der Waals surface area (Å²) in [5, 5.41) is 20.8. The Hall–Kier alpha value is -2.18. The molecular weight excluding hydrogens is 397 g/mol. The Morgan fingerprint density at radius 2 is 2.03 bits per heavy atom. The number of aryl methyl sites for hydroxylation is 1. The van der Waals surface area contributed by atoms with Gasteiger partial charge < -0.3 is 26.0 Å². The highest BCUT2D eigenvalue weighted by molar-refractivity contribution is 5.81. The average Bonchev–Trinajstić information content (AvgIpc) is 3.01. The lowest BCUT2D eigenvalue weighted by molar-refractivity contribution is -0.173. The van der Waals surface area contributed by atoms with Gasteiger partial charge in [-0.25, -0.2) is 4.79 Å². The van der Waals surface area contributed by atoms with Gasteiger partial charge in [0.05, 0.1) is 12.7 Å². The zero-order valence-electron chi connectivity index (χ0n) is 15.7. The second-order valence-electron chi connectivity index (χ2n) is 6.87. The Morgan fingerprint density at radius 3 is 2.66 bits per heavy atom. The summed E-state index contributed by atoms with van der Waals surface area (Å²) in [7, 11) is 0. The van der Waals surface area contributed by atoms with Crippen molar-refractivity contribution < 1.29 is 32.9 Å². The summed E-state index contributed by atoms with van der Waals surface area (Å²) in [6, 6.07) is 0. The highest BCUT2D eigenvalue weighted by Gasteiger charge is 2.38. The Morgan fingerprint density at radius 1 is 1.34 bits per heavy atom. The fourth-order valence-electron chi connectivity index (χ4n) is 3.07. The molecule has 9 nitrogen and oxygen atoms in total. The van der Waals surface area contributed by atoms with Gasteiger partial charge >= 0.3 is 17.8 Å². The lowest BCUT2D eigenvalue weighted by atomic mass is 10.1. The molecule has 164 valence electrons. The third-order valence-corrected chi connectivity index (χ3v) is 4.67. The molecule has 29 heavy (non-hydrogen) atoms. The van der Waals surface area contributed by atoms with Gasteiger partial charge in [-0.15, -0.1) is 0 Å². The average molecular weight is 422 g/mol. The second-order valence-corrected chi connectivity index (χ2v) is 6.87. The summed E-state index contributed by atoms with van der Waals surface area (Å²) < 4.78 is 42.9. The number of aromatic nitrogens is 2. The van der Waals surface area contributed by atoms with Gasteiger partial charge in [-0.2, -0.15) is 18.2 Å². The van der Waals surface area contributed by atoms with Crippen LogP contribution in [0.1, 0.15) is 43.9 Å². The molecular formula is C17H25F3N4O5. The van der Waals surface area contributed by atoms with Crippen LogP contribution in [0.3, 0.4) is 0 Å². The van der Waals surface area contributed by atoms with E-state index in [0.717, 1.165) is 0 Å². The first-order valence-electron chi connectivity index (χ1n) is 9.30. The number of ether oxygens (including phenoxy) is 1. The highest BCUT2D eigenvalue weighted by atomic mass is 19.4. The summed E-state index contributed by atoms with van der Waals surface area (Å²) in [6.07, 6.45) is -2.77. The van der Waals surface area contributed by atoms with Gasteiger partial charge in [0.2, 0.25) is 0 Å². The number of nitrogens with one attached hydrogen (secondary N) is 1. The molecule has 0 saturated carbocycles. The van der Waals surface area contributed by atoms with E-state index in [0.29, 0.717) is 37.7 Å². The largest absolute Gasteiger partial charge is 0.471 e. The number of hydrogen-bond acceptors (Lipinski definition) is 7. The number of nitrogens with two attached hydrogens (primary N) is 1. The van der Waals surface area contributed by atoms with Crippen LogP contribution >= 0.6 is 0 Å². The van der Waals surface area contributed by atoms with Gasteiger partial charge in [-0.3, -0.25) is 9.36 Å². The summed E-state index contributed by atoms with van der Waals surface area (Å²) in [5.74, 6) is -1.86. The van der Waals surface area contributed by atoms with Crippen molar-refractivity contribution in [3.63, 3.8) is 0 Å². The van der Waals surface area contributed by atoms with Crippen LogP contribution in [0.2, 0.25) is 0 Å². The monoisotopic (exact) mass is 422 g/mol. The summed E-state index contributed by atoms with van der Waals surface area (Å²) in [6.45, 7) is -0.425. The van der Waals surface area contributed by atoms with Crippen molar-refractivity contribution in [1.29, 1.82) is 0 Å². The first kappa shape index (κ1) is 23.1. The lowest BCUT2D eigenvalue weighted by Crippen LogP contribution is -2.37. The quantitative estimate of drug-likeness (QED) is 0.418. The summed E-state index contributed by atoms with van der Waals surface area (Å²) in [4.78, 5) is 26.5. The van der Waals surface area contributed by atoms with Crippen LogP contribution in [0.25, 0.3) is 0 Å². The van der Waals surface area contributed by atoms with Crippen molar-refractivity contribution in [2.24, 2.45) is 0 Å². The molecule has 1 fully saturated rings. The SMILES string of the molecule is Nc1nc(=O)n([C@H]2C[C@H](O)[C@@H](CO)O2)cc1CCCCCCNC(=O)C(F)(F)F. The van der Waals surface area contributed by atoms with E-state index >= 15 is 0 Å². The van der Waals surface area contributed by atoms with E-state index in [1.807, 2.05) is 5.32 Å². The minimum atomic E-state index is -4.87. The summed E-state index contributed by atoms with van der Waals surface area (Å²) >= 11 is 0. The Kier molecular flexibility index (Phi) is 7.99. The minimum absolute atomic E-state index is 0.0553. The predicted molar refractivity (Wildman–Crippen MR) is 95.8 cm³/mol. The van der Waals surface area contributed by atoms with Gasteiger partial charge in [0.15, 0.2) is 0 Å². The molecule has 1 saturated heterocycles. The number of anilines is 1. The van der Waals surface area contributed by atoms with Crippen molar-refractivity contribution >= 4 is 11.7 Å². The number of nitrogen functional groups attached to an aromatic ring is 1. The molecule has 0 radical (unpaired) electrons. The molecule has 1 aliphatic heterocycles. The van der Waals surface area contributed by atoms with Crippen molar-refractivity contribution in [1.82, 2.24) is 14.9 Å². The van der Waals surface area contributed by atoms with Crippen molar-refractivity contribution in [3.8, 4) is 0 Å². The van der Waals surface area contributed by atoms with Crippen LogP contribution in [0, 0.1) is 0 Å². The third kappa shape index (κ3) is 6.41. The van der Waals surface area contributed by atoms with Crippen molar-refractivity contribution in [2.45, 2.75) is 63.1 Å². The molecule has 0 spiro atoms. The number of hydrogen-bond donors (Lipinski definition) is 4. The number of halogens is 3. The lowest BCUT2D eigenvalue weighted by Gasteiger charge is -2.16. The molecule has 1 aromatic rings. The third-order valence-electron chi connectivity index (χ3n) is 4.67. The van der Waals surface area contributed by atoms with E-state index in [-0.39, 0.29) is 25.4 Å². The normalized spacial score (nSPS) is 22.0. The van der Waals surface area contributed by atoms with E-state index in [1.54, 1.807) is 0 Å². The maximum atomic E-state index is 12.1. The number of amides is 1. The van der Waals surface area contributed by atoms with Crippen LogP contribution in [-0.4, -0.2) is 57.2 Å². The fraction of sp³-hybridized carbons (Fsp3) is 0.706. The highest BCUT2D eigenvalue weighted by Crippen LogP contribution is 2.28. The predicted octanol–water partition coefficient (Wildman–Crippen LogP) is 0.248. The molecule has 2 rings (SSSR count). The molecule has 0 aromatic carbocycles. The van der Waals surface area contributed by atoms with E-state index in [4.69, 9.17) is 15.6 Å². The van der Waals surface area contributed by atoms with Crippen molar-refractivity contribution in [2.75, 3.05) is 18.9 Å². The topological polar surface area (TPSA) is 140 Å². The standard InChI is InChI=1S/C17H25F3N4O5/c18-17(19,20)15(27)22-6-4-2-1-3-5-10-8-24(16(28)23-14(10)21)13-7-11(26)12(9-25)29-13/h8,11-13,25-26H,1-7,9H2,(H,22,27)(H2,21,23,28)/t11-,12+,13+/m0/s1. The number of carbonyl (C=O) groups is 1. The number of rotatable bonds is 9. The number of aliphatic hydroxyl groups excluding tert-OH is 2. The van der Waals surface area contributed by atoms with E-state index < -0.39 is 36.2 Å².